The van der Waals surface area contributed by atoms with Gasteiger partial charge in [-0.3, -0.25) is 24.6 Å². The van der Waals surface area contributed by atoms with Gasteiger partial charge in [0.05, 0.1) is 25.3 Å². The molecule has 1 aromatic rings. The number of ether oxygens (including phenoxy) is 5. The summed E-state index contributed by atoms with van der Waals surface area (Å²) in [7, 11) is 9.28. The van der Waals surface area contributed by atoms with E-state index in [4.69, 9.17) is 41.0 Å². The summed E-state index contributed by atoms with van der Waals surface area (Å²) in [6.07, 6.45) is 1.24. The summed E-state index contributed by atoms with van der Waals surface area (Å²) in [6, 6.07) is 2.67. The second-order valence-corrected chi connectivity index (χ2v) is 18.9. The van der Waals surface area contributed by atoms with Gasteiger partial charge in [-0.25, -0.2) is 4.79 Å². The van der Waals surface area contributed by atoms with Gasteiger partial charge in [0.25, 0.3) is 0 Å². The van der Waals surface area contributed by atoms with Gasteiger partial charge in [-0.05, 0) is 64.8 Å². The summed E-state index contributed by atoms with van der Waals surface area (Å²) in [6.45, 7) is 9.07. The molecular formula is C40H59ClN4O11S2. The van der Waals surface area contributed by atoms with Crippen molar-refractivity contribution in [3.8, 4) is 5.75 Å². The first-order valence-electron chi connectivity index (χ1n) is 19.3. The molecule has 2 saturated heterocycles. The minimum absolute atomic E-state index is 0.0551. The van der Waals surface area contributed by atoms with Crippen LogP contribution in [0.25, 0.3) is 0 Å². The van der Waals surface area contributed by atoms with E-state index < -0.39 is 71.9 Å². The molecule has 3 amide bonds. The molecule has 3 aliphatic rings. The molecule has 5 N–H and O–H groups in total. The van der Waals surface area contributed by atoms with Crippen molar-refractivity contribution in [1.82, 2.24) is 10.2 Å². The highest BCUT2D eigenvalue weighted by Crippen LogP contribution is 2.49. The maximum Gasteiger partial charge on any atom is 0.409 e. The number of primary amides is 1. The van der Waals surface area contributed by atoms with Gasteiger partial charge in [-0.1, -0.05) is 70.8 Å². The van der Waals surface area contributed by atoms with E-state index in [2.05, 4.69) is 5.32 Å². The van der Waals surface area contributed by atoms with Crippen molar-refractivity contribution in [1.29, 1.82) is 0 Å². The van der Waals surface area contributed by atoms with Crippen LogP contribution in [0.3, 0.4) is 0 Å². The highest BCUT2D eigenvalue weighted by molar-refractivity contribution is 8.76. The van der Waals surface area contributed by atoms with Crippen molar-refractivity contribution in [2.75, 3.05) is 39.0 Å². The first kappa shape index (κ1) is 47.6. The number of nitrogens with two attached hydrogens (primary N) is 1. The van der Waals surface area contributed by atoms with Gasteiger partial charge < -0.3 is 44.5 Å². The van der Waals surface area contributed by atoms with Crippen LogP contribution in [-0.2, 0) is 39.8 Å². The lowest BCUT2D eigenvalue weighted by atomic mass is 9.83. The molecule has 3 aliphatic heterocycles. The molecule has 58 heavy (non-hydrogen) atoms. The van der Waals surface area contributed by atoms with Crippen LogP contribution < -0.4 is 20.7 Å². The number of likely N-dealkylation sites (N-methyl/N-ethyl adjacent to an activating group) is 1. The number of amides is 3. The van der Waals surface area contributed by atoms with E-state index >= 15 is 0 Å². The fourth-order valence-electron chi connectivity index (χ4n) is 7.18. The van der Waals surface area contributed by atoms with Gasteiger partial charge in [-0.15, -0.1) is 0 Å². The van der Waals surface area contributed by atoms with Crippen LogP contribution in [0.5, 0.6) is 5.75 Å². The SMILES string of the molecule is COc1cc2cc(c1Cl)N(C)C(=O)C[C@@H](OC(=O)[C@H](C)N(C)C(O)CCSSC(C)CCC(N)=O)[C@@]1(C)O[C@H]1[C@H](C)[C@@H]1C[C@@](O)(NC(=O)O1)[C@H](OC)/C=C/C=C(\C)C2. The number of fused-ring (bicyclic) bond motifs is 5. The summed E-state index contributed by atoms with van der Waals surface area (Å²) < 4.78 is 29.4. The number of hydrogen-bond donors (Lipinski definition) is 4. The van der Waals surface area contributed by atoms with E-state index in [1.54, 1.807) is 80.7 Å². The van der Waals surface area contributed by atoms with Crippen LogP contribution in [0.15, 0.2) is 35.9 Å². The second-order valence-electron chi connectivity index (χ2n) is 15.6. The van der Waals surface area contributed by atoms with Crippen LogP contribution in [0.2, 0.25) is 5.02 Å². The number of nitrogens with zero attached hydrogens (tertiary/aromatic N) is 2. The van der Waals surface area contributed by atoms with Gasteiger partial charge in [0.2, 0.25) is 11.8 Å². The number of methoxy groups -OCH3 is 2. The summed E-state index contributed by atoms with van der Waals surface area (Å²) >= 11 is 6.78. The number of epoxide rings is 1. The van der Waals surface area contributed by atoms with Crippen molar-refractivity contribution in [3.63, 3.8) is 0 Å². The zero-order chi connectivity index (χ0) is 43.1. The van der Waals surface area contributed by atoms with E-state index in [9.17, 15) is 29.4 Å². The van der Waals surface area contributed by atoms with Crippen LogP contribution in [-0.4, -0.2) is 126 Å². The third-order valence-corrected chi connectivity index (χ3v) is 14.5. The average Bonchev–Trinajstić information content (AvgIpc) is 3.87. The van der Waals surface area contributed by atoms with Crippen LogP contribution in [0, 0.1) is 5.92 Å². The fourth-order valence-corrected chi connectivity index (χ4v) is 9.91. The number of nitrogens with one attached hydrogen (secondary N) is 1. The Morgan fingerprint density at radius 1 is 1.22 bits per heavy atom. The number of hydrogen-bond acceptors (Lipinski definition) is 14. The minimum Gasteiger partial charge on any atom is -0.495 e. The predicted octanol–water partition coefficient (Wildman–Crippen LogP) is 4.73. The van der Waals surface area contributed by atoms with Crippen molar-refractivity contribution in [2.45, 2.75) is 126 Å². The Morgan fingerprint density at radius 3 is 2.59 bits per heavy atom. The molecular weight excluding hydrogens is 812 g/mol. The lowest BCUT2D eigenvalue weighted by Crippen LogP contribution is -2.63. The van der Waals surface area contributed by atoms with Crippen LogP contribution >= 0.6 is 33.2 Å². The average molecular weight is 872 g/mol. The number of benzene rings is 1. The van der Waals surface area contributed by atoms with E-state index in [0.29, 0.717) is 42.9 Å². The summed E-state index contributed by atoms with van der Waals surface area (Å²) in [5.41, 5.74) is 4.32. The molecule has 1 aromatic carbocycles. The highest BCUT2D eigenvalue weighted by atomic mass is 35.5. The smallest absolute Gasteiger partial charge is 0.409 e. The van der Waals surface area contributed by atoms with Crippen molar-refractivity contribution in [2.24, 2.45) is 11.7 Å². The second kappa shape index (κ2) is 20.5. The number of anilines is 1. The number of esters is 1. The summed E-state index contributed by atoms with van der Waals surface area (Å²) in [5.74, 6) is -1.05. The maximum absolute atomic E-state index is 14.2. The number of halogens is 1. The lowest BCUT2D eigenvalue weighted by Gasteiger charge is -2.42. The molecule has 0 spiro atoms. The van der Waals surface area contributed by atoms with E-state index in [-0.39, 0.29) is 29.0 Å². The molecule has 18 heteroatoms. The molecule has 3 heterocycles. The Balaban J connectivity index is 1.62. The lowest BCUT2D eigenvalue weighted by molar-refractivity contribution is -0.162. The zero-order valence-electron chi connectivity index (χ0n) is 34.7. The Hall–Kier alpha value is -3.03. The molecule has 324 valence electrons. The highest BCUT2D eigenvalue weighted by Gasteiger charge is 2.64. The van der Waals surface area contributed by atoms with Crippen LogP contribution in [0.4, 0.5) is 10.5 Å². The number of carbonyl (C=O) groups is 4. The number of aliphatic hydroxyl groups excluding tert-OH is 1. The molecule has 4 rings (SSSR count). The van der Waals surface area contributed by atoms with Crippen molar-refractivity contribution in [3.05, 3.63) is 46.5 Å². The van der Waals surface area contributed by atoms with Gasteiger partial charge in [0.15, 0.2) is 5.72 Å². The summed E-state index contributed by atoms with van der Waals surface area (Å²) in [4.78, 5) is 55.0. The van der Waals surface area contributed by atoms with Crippen molar-refractivity contribution >= 4 is 62.8 Å². The first-order chi connectivity index (χ1) is 27.2. The maximum atomic E-state index is 14.2. The molecule has 2 fully saturated rings. The topological polar surface area (TPSA) is 203 Å². The van der Waals surface area contributed by atoms with Gasteiger partial charge in [0.1, 0.15) is 47.0 Å². The van der Waals surface area contributed by atoms with Crippen molar-refractivity contribution < 1.29 is 53.1 Å². The largest absolute Gasteiger partial charge is 0.495 e. The quantitative estimate of drug-likeness (QED) is 0.0657. The normalized spacial score (nSPS) is 30.8. The van der Waals surface area contributed by atoms with Gasteiger partial charge in [0, 0.05) is 43.9 Å². The van der Waals surface area contributed by atoms with Crippen LogP contribution in [0.1, 0.15) is 72.3 Å². The number of aliphatic hydroxyl groups is 2. The third-order valence-electron chi connectivity index (χ3n) is 11.1. The molecule has 0 radical (unpaired) electrons. The molecule has 15 nitrogen and oxygen atoms in total. The molecule has 10 atom stereocenters. The fraction of sp³-hybridized carbons (Fsp3) is 0.650. The Labute approximate surface area is 354 Å². The molecule has 4 bridgehead atoms. The standard InChI is InChI=1S/C40H59ClN4O11S2/c1-22-11-10-12-30(53-9)40(51)21-29(54-38(50)43-40)24(3)36-39(5,56-36)31(20-34(48)45(7)27-18-26(17-22)19-28(52-8)35(27)41)55-37(49)25(4)44(6)33(47)15-16-57-58-23(2)13-14-32(42)46/h10-12,18-19,23-25,29-31,33,36,47,51H,13-17,20-21H2,1-9H3,(H2,42,46)(H,43,50)/b12-10+,22-11+/t23?,24-,25+,29+,30-,31-,33?,36+,39-,40+/m1/s1. The molecule has 0 aliphatic carbocycles. The van der Waals surface area contributed by atoms with E-state index in [1.807, 2.05) is 19.9 Å². The van der Waals surface area contributed by atoms with E-state index in [1.165, 1.54) is 24.0 Å². The molecule has 0 aromatic heterocycles. The number of allylic oxidation sites excluding steroid dienone is 3. The Morgan fingerprint density at radius 2 is 1.93 bits per heavy atom. The Bertz CT molecular complexity index is 1720. The van der Waals surface area contributed by atoms with E-state index in [0.717, 1.165) is 11.1 Å². The number of alkyl carbamates (subject to hydrolysis) is 1. The number of rotatable bonds is 14. The Kier molecular flexibility index (Phi) is 16.8. The minimum atomic E-state index is -1.83. The summed E-state index contributed by atoms with van der Waals surface area (Å²) in [5, 5.41) is 25.7. The van der Waals surface area contributed by atoms with Gasteiger partial charge >= 0.3 is 12.1 Å². The van der Waals surface area contributed by atoms with Gasteiger partial charge in [-0.2, -0.15) is 0 Å². The zero-order valence-corrected chi connectivity index (χ0v) is 37.1. The number of carbonyl (C=O) groups excluding carboxylic acids is 4. The first-order valence-corrected chi connectivity index (χ1v) is 22.1. The predicted molar refractivity (Wildman–Crippen MR) is 225 cm³/mol. The monoisotopic (exact) mass is 870 g/mol. The molecule has 2 unspecified atom stereocenters. The third kappa shape index (κ3) is 11.8. The molecule has 0 saturated carbocycles.